The van der Waals surface area contributed by atoms with Gasteiger partial charge in [-0.25, -0.2) is 0 Å². The second-order valence-electron chi connectivity index (χ2n) is 6.93. The average Bonchev–Trinajstić information content (AvgIpc) is 3.50. The number of carbonyl (C=O) groups is 1. The summed E-state index contributed by atoms with van der Waals surface area (Å²) in [5.74, 6) is -0.133. The van der Waals surface area contributed by atoms with Crippen LogP contribution >= 0.6 is 34.9 Å². The van der Waals surface area contributed by atoms with Gasteiger partial charge in [-0.2, -0.15) is 0 Å². The number of amides is 1. The largest absolute Gasteiger partial charge is 0.313 e. The summed E-state index contributed by atoms with van der Waals surface area (Å²) < 4.78 is 0. The van der Waals surface area contributed by atoms with Crippen molar-refractivity contribution >= 4 is 57.7 Å². The smallest absolute Gasteiger partial charge is 0.276 e. The molecule has 31 heavy (non-hydrogen) atoms. The van der Waals surface area contributed by atoms with Crippen LogP contribution in [0.2, 0.25) is 0 Å². The van der Waals surface area contributed by atoms with Crippen molar-refractivity contribution in [1.82, 2.24) is 9.80 Å². The van der Waals surface area contributed by atoms with Crippen LogP contribution < -0.4 is 0 Å². The van der Waals surface area contributed by atoms with E-state index < -0.39 is 4.92 Å². The van der Waals surface area contributed by atoms with Crippen molar-refractivity contribution in [3.63, 3.8) is 0 Å². The summed E-state index contributed by atoms with van der Waals surface area (Å²) in [6.45, 7) is 1.12. The predicted octanol–water partition coefficient (Wildman–Crippen LogP) is 4.97. The molecular weight excluding hydrogens is 450 g/mol. The van der Waals surface area contributed by atoms with Crippen LogP contribution in [0, 0.1) is 10.1 Å². The number of nitro groups is 1. The minimum absolute atomic E-state index is 0.0162. The van der Waals surface area contributed by atoms with Gasteiger partial charge in [0.15, 0.2) is 5.11 Å². The third-order valence-electron chi connectivity index (χ3n) is 4.95. The van der Waals surface area contributed by atoms with Gasteiger partial charge in [0.05, 0.1) is 4.92 Å². The number of rotatable bonds is 8. The molecule has 2 aromatic heterocycles. The summed E-state index contributed by atoms with van der Waals surface area (Å²) in [5.41, 5.74) is 1.24. The summed E-state index contributed by atoms with van der Waals surface area (Å²) >= 11 is 9.02. The van der Waals surface area contributed by atoms with Crippen LogP contribution in [-0.4, -0.2) is 38.8 Å². The van der Waals surface area contributed by atoms with E-state index in [0.717, 1.165) is 18.4 Å². The quantitative estimate of drug-likeness (QED) is 0.202. The number of benzene rings is 1. The van der Waals surface area contributed by atoms with Gasteiger partial charge in [-0.3, -0.25) is 19.8 Å². The monoisotopic (exact) mass is 469 g/mol. The Morgan fingerprint density at radius 3 is 2.03 bits per heavy atom. The molecule has 1 saturated heterocycles. The zero-order valence-electron chi connectivity index (χ0n) is 16.5. The normalized spacial score (nSPS) is 15.3. The number of hydrogen-bond acceptors (Lipinski definition) is 6. The van der Waals surface area contributed by atoms with Crippen molar-refractivity contribution < 1.29 is 9.72 Å². The van der Waals surface area contributed by atoms with Crippen LogP contribution in [0.4, 0.5) is 5.69 Å². The lowest BCUT2D eigenvalue weighted by Gasteiger charge is -2.20. The molecule has 0 aliphatic carbocycles. The molecule has 1 aromatic carbocycles. The molecule has 0 atom stereocenters. The summed E-state index contributed by atoms with van der Waals surface area (Å²) in [5, 5.41) is 15.5. The lowest BCUT2D eigenvalue weighted by molar-refractivity contribution is -0.384. The third kappa shape index (κ3) is 4.90. The number of hydrogen-bond donors (Lipinski definition) is 0. The van der Waals surface area contributed by atoms with E-state index in [1.807, 2.05) is 27.8 Å². The standard InChI is InChI=1S/C22H19N3O3S3/c26-21-20(15-16-5-7-17(8-6-16)25(27)28)23(11-9-18-3-1-13-30-18)22(29)24(21)12-10-19-4-2-14-31-19/h1-8,13-15H,9-12H2. The molecule has 3 aromatic rings. The van der Waals surface area contributed by atoms with Gasteiger partial charge in [-0.05, 0) is 71.7 Å². The van der Waals surface area contributed by atoms with E-state index >= 15 is 0 Å². The van der Waals surface area contributed by atoms with E-state index in [2.05, 4.69) is 12.1 Å². The summed E-state index contributed by atoms with van der Waals surface area (Å²) in [6, 6.07) is 14.3. The van der Waals surface area contributed by atoms with Gasteiger partial charge in [0.2, 0.25) is 0 Å². The Morgan fingerprint density at radius 2 is 1.52 bits per heavy atom. The topological polar surface area (TPSA) is 66.7 Å². The Kier molecular flexibility index (Phi) is 6.55. The summed E-state index contributed by atoms with van der Waals surface area (Å²) in [6.07, 6.45) is 3.28. The van der Waals surface area contributed by atoms with Crippen molar-refractivity contribution in [2.75, 3.05) is 13.1 Å². The summed E-state index contributed by atoms with van der Waals surface area (Å²) in [4.78, 5) is 29.7. The van der Waals surface area contributed by atoms with Gasteiger partial charge in [-0.15, -0.1) is 22.7 Å². The highest BCUT2D eigenvalue weighted by Crippen LogP contribution is 2.26. The molecular formula is C22H19N3O3S3. The average molecular weight is 470 g/mol. The van der Waals surface area contributed by atoms with Crippen molar-refractivity contribution in [1.29, 1.82) is 0 Å². The Labute approximate surface area is 193 Å². The highest BCUT2D eigenvalue weighted by Gasteiger charge is 2.37. The predicted molar refractivity (Wildman–Crippen MR) is 128 cm³/mol. The highest BCUT2D eigenvalue weighted by atomic mass is 32.1. The van der Waals surface area contributed by atoms with E-state index in [-0.39, 0.29) is 11.6 Å². The van der Waals surface area contributed by atoms with Crippen LogP contribution in [0.25, 0.3) is 6.08 Å². The number of nitro benzene ring substituents is 1. The van der Waals surface area contributed by atoms with E-state index in [0.29, 0.717) is 23.9 Å². The maximum atomic E-state index is 13.3. The first-order valence-corrected chi connectivity index (χ1v) is 11.8. The second kappa shape index (κ2) is 9.51. The van der Waals surface area contributed by atoms with Crippen molar-refractivity contribution in [2.24, 2.45) is 0 Å². The molecule has 0 saturated carbocycles. The molecule has 0 bridgehead atoms. The first-order chi connectivity index (χ1) is 15.0. The molecule has 0 N–H and O–H groups in total. The minimum atomic E-state index is -0.438. The molecule has 6 nitrogen and oxygen atoms in total. The summed E-state index contributed by atoms with van der Waals surface area (Å²) in [7, 11) is 0. The van der Waals surface area contributed by atoms with Crippen LogP contribution in [0.1, 0.15) is 15.3 Å². The van der Waals surface area contributed by atoms with Crippen LogP contribution in [-0.2, 0) is 17.6 Å². The maximum Gasteiger partial charge on any atom is 0.276 e. The number of carbonyl (C=O) groups excluding carboxylic acids is 1. The SMILES string of the molecule is O=C1C(=Cc2ccc([N+](=O)[O-])cc2)N(CCc2cccs2)C(=S)N1CCc1cccs1. The van der Waals surface area contributed by atoms with Crippen LogP contribution in [0.3, 0.4) is 0 Å². The fraction of sp³-hybridized carbons (Fsp3) is 0.182. The first kappa shape index (κ1) is 21.4. The van der Waals surface area contributed by atoms with Gasteiger partial charge >= 0.3 is 0 Å². The Balaban J connectivity index is 1.58. The fourth-order valence-electron chi connectivity index (χ4n) is 3.35. The van der Waals surface area contributed by atoms with Gasteiger partial charge in [0, 0.05) is 35.0 Å². The zero-order valence-corrected chi connectivity index (χ0v) is 18.9. The molecule has 1 amide bonds. The molecule has 3 heterocycles. The number of non-ortho nitro benzene ring substituents is 1. The van der Waals surface area contributed by atoms with E-state index in [4.69, 9.17) is 12.2 Å². The lowest BCUT2D eigenvalue weighted by atomic mass is 10.1. The van der Waals surface area contributed by atoms with Crippen molar-refractivity contribution in [3.8, 4) is 0 Å². The number of nitrogens with zero attached hydrogens (tertiary/aromatic N) is 3. The van der Waals surface area contributed by atoms with Gasteiger partial charge in [0.25, 0.3) is 11.6 Å². The van der Waals surface area contributed by atoms with E-state index in [9.17, 15) is 14.9 Å². The van der Waals surface area contributed by atoms with Crippen molar-refractivity contribution in [3.05, 3.63) is 90.4 Å². The van der Waals surface area contributed by atoms with E-state index in [1.165, 1.54) is 21.9 Å². The minimum Gasteiger partial charge on any atom is -0.313 e. The van der Waals surface area contributed by atoms with E-state index in [1.54, 1.807) is 45.8 Å². The third-order valence-corrected chi connectivity index (χ3v) is 7.26. The molecule has 9 heteroatoms. The number of thiophene rings is 2. The van der Waals surface area contributed by atoms with Crippen molar-refractivity contribution in [2.45, 2.75) is 12.8 Å². The molecule has 0 unspecified atom stereocenters. The first-order valence-electron chi connectivity index (χ1n) is 9.67. The molecule has 1 aliphatic heterocycles. The number of thiocarbonyl (C=S) groups is 1. The molecule has 4 rings (SSSR count). The highest BCUT2D eigenvalue weighted by molar-refractivity contribution is 7.80. The molecule has 1 fully saturated rings. The van der Waals surface area contributed by atoms with Crippen LogP contribution in [0.5, 0.6) is 0 Å². The lowest BCUT2D eigenvalue weighted by Crippen LogP contribution is -2.34. The molecule has 0 spiro atoms. The fourth-order valence-corrected chi connectivity index (χ4v) is 5.11. The van der Waals surface area contributed by atoms with Crippen LogP contribution in [0.15, 0.2) is 65.0 Å². The van der Waals surface area contributed by atoms with Gasteiger partial charge in [0.1, 0.15) is 5.70 Å². The Hall–Kier alpha value is -2.88. The van der Waals surface area contributed by atoms with Gasteiger partial charge in [-0.1, -0.05) is 12.1 Å². The van der Waals surface area contributed by atoms with Gasteiger partial charge < -0.3 is 4.90 Å². The Morgan fingerprint density at radius 1 is 0.935 bits per heavy atom. The molecule has 0 radical (unpaired) electrons. The molecule has 158 valence electrons. The Bertz CT molecular complexity index is 1110. The maximum absolute atomic E-state index is 13.3. The second-order valence-corrected chi connectivity index (χ2v) is 9.36. The molecule has 1 aliphatic rings. The zero-order chi connectivity index (χ0) is 21.8.